The number of nitrogens with zero attached hydrogens (tertiary/aromatic N) is 1. The molecular weight excluding hydrogens is 314 g/mol. The molecule has 2 aromatic carbocycles. The summed E-state index contributed by atoms with van der Waals surface area (Å²) in [6.07, 6.45) is 1.76. The van der Waals surface area contributed by atoms with Crippen LogP contribution >= 0.6 is 0 Å². The Balaban J connectivity index is 1.87. The predicted octanol–water partition coefficient (Wildman–Crippen LogP) is 2.75. The molecule has 1 saturated carbocycles. The number of ether oxygens (including phenoxy) is 1. The van der Waals surface area contributed by atoms with Gasteiger partial charge in [0.2, 0.25) is 10.0 Å². The molecule has 1 N–H and O–H groups in total. The molecule has 1 fully saturated rings. The first-order valence-corrected chi connectivity index (χ1v) is 8.88. The molecule has 0 spiro atoms. The molecule has 6 heteroatoms. The number of benzene rings is 2. The van der Waals surface area contributed by atoms with Crippen molar-refractivity contribution in [2.45, 2.75) is 30.3 Å². The molecule has 0 saturated heterocycles. The van der Waals surface area contributed by atoms with Gasteiger partial charge in [0, 0.05) is 12.6 Å². The smallest absolute Gasteiger partial charge is 0.243 e. The summed E-state index contributed by atoms with van der Waals surface area (Å²) in [4.78, 5) is 0.204. The third-order valence-electron chi connectivity index (χ3n) is 3.89. The first kappa shape index (κ1) is 15.8. The van der Waals surface area contributed by atoms with Gasteiger partial charge in [-0.15, -0.1) is 0 Å². The van der Waals surface area contributed by atoms with E-state index >= 15 is 0 Å². The van der Waals surface area contributed by atoms with Gasteiger partial charge in [-0.1, -0.05) is 12.1 Å². The maximum Gasteiger partial charge on any atom is 0.243 e. The summed E-state index contributed by atoms with van der Waals surface area (Å²) in [6, 6.07) is 13.1. The number of phenolic OH excluding ortho intramolecular Hbond substituents is 1. The number of aromatic hydroxyl groups is 1. The highest BCUT2D eigenvalue weighted by atomic mass is 32.2. The molecule has 0 aromatic heterocycles. The zero-order valence-corrected chi connectivity index (χ0v) is 13.7. The van der Waals surface area contributed by atoms with Crippen molar-refractivity contribution < 1.29 is 18.3 Å². The summed E-state index contributed by atoms with van der Waals surface area (Å²) in [5.41, 5.74) is 0.917. The van der Waals surface area contributed by atoms with E-state index in [9.17, 15) is 13.5 Å². The summed E-state index contributed by atoms with van der Waals surface area (Å²) in [5, 5.41) is 9.35. The van der Waals surface area contributed by atoms with Gasteiger partial charge in [0.05, 0.1) is 12.0 Å². The van der Waals surface area contributed by atoms with Crippen molar-refractivity contribution in [1.29, 1.82) is 0 Å². The lowest BCUT2D eigenvalue weighted by Gasteiger charge is -2.22. The van der Waals surface area contributed by atoms with E-state index in [1.165, 1.54) is 24.3 Å². The molecule has 2 aromatic rings. The fourth-order valence-electron chi connectivity index (χ4n) is 2.44. The lowest BCUT2D eigenvalue weighted by Crippen LogP contribution is -2.32. The number of hydrogen-bond acceptors (Lipinski definition) is 4. The van der Waals surface area contributed by atoms with Crippen LogP contribution in [-0.4, -0.2) is 31.0 Å². The molecule has 0 unspecified atom stereocenters. The average Bonchev–Trinajstić information content (AvgIpc) is 3.38. The standard InChI is InChI=1S/C17H19NO4S/c1-22-16-8-2-13(3-9-16)12-18(14-4-5-14)23(20,21)17-10-6-15(19)7-11-17/h2-3,6-11,14,19H,4-5,12H2,1H3. The predicted molar refractivity (Wildman–Crippen MR) is 86.9 cm³/mol. The van der Waals surface area contributed by atoms with Crippen LogP contribution in [-0.2, 0) is 16.6 Å². The van der Waals surface area contributed by atoms with Crippen LogP contribution in [0.1, 0.15) is 18.4 Å². The van der Waals surface area contributed by atoms with Crippen LogP contribution in [0.25, 0.3) is 0 Å². The molecule has 0 radical (unpaired) electrons. The van der Waals surface area contributed by atoms with Crippen molar-refractivity contribution in [2.24, 2.45) is 0 Å². The number of sulfonamides is 1. The van der Waals surface area contributed by atoms with Crippen molar-refractivity contribution in [3.05, 3.63) is 54.1 Å². The Hall–Kier alpha value is -2.05. The molecule has 3 rings (SSSR count). The summed E-state index contributed by atoms with van der Waals surface area (Å²) in [5.74, 6) is 0.796. The quantitative estimate of drug-likeness (QED) is 0.883. The van der Waals surface area contributed by atoms with E-state index in [-0.39, 0.29) is 16.7 Å². The molecule has 0 amide bonds. The number of rotatable bonds is 6. The monoisotopic (exact) mass is 333 g/mol. The second-order valence-electron chi connectivity index (χ2n) is 5.62. The second kappa shape index (κ2) is 6.22. The van der Waals surface area contributed by atoms with Gasteiger partial charge in [-0.05, 0) is 54.8 Å². The molecule has 0 heterocycles. The van der Waals surface area contributed by atoms with E-state index in [0.717, 1.165) is 24.2 Å². The van der Waals surface area contributed by atoms with E-state index in [2.05, 4.69) is 0 Å². The summed E-state index contributed by atoms with van der Waals surface area (Å²) in [6.45, 7) is 0.331. The maximum atomic E-state index is 12.9. The Morgan fingerprint density at radius 3 is 2.22 bits per heavy atom. The summed E-state index contributed by atoms with van der Waals surface area (Å²) < 4.78 is 32.4. The Labute approximate surface area is 136 Å². The maximum absolute atomic E-state index is 12.9. The van der Waals surface area contributed by atoms with Crippen molar-refractivity contribution in [3.63, 3.8) is 0 Å². The van der Waals surface area contributed by atoms with Gasteiger partial charge in [0.1, 0.15) is 11.5 Å². The van der Waals surface area contributed by atoms with Crippen molar-refractivity contribution in [2.75, 3.05) is 7.11 Å². The normalized spacial score (nSPS) is 14.9. The van der Waals surface area contributed by atoms with Crippen LogP contribution in [0.4, 0.5) is 0 Å². The van der Waals surface area contributed by atoms with Crippen molar-refractivity contribution in [3.8, 4) is 11.5 Å². The Bertz CT molecular complexity index is 765. The Kier molecular flexibility index (Phi) is 4.28. The van der Waals surface area contributed by atoms with Gasteiger partial charge in [-0.2, -0.15) is 4.31 Å². The van der Waals surface area contributed by atoms with Crippen LogP contribution in [0.3, 0.4) is 0 Å². The SMILES string of the molecule is COc1ccc(CN(C2CC2)S(=O)(=O)c2ccc(O)cc2)cc1. The van der Waals surface area contributed by atoms with Crippen LogP contribution < -0.4 is 4.74 Å². The molecule has 122 valence electrons. The summed E-state index contributed by atoms with van der Waals surface area (Å²) >= 11 is 0. The van der Waals surface area contributed by atoms with Crippen LogP contribution in [0, 0.1) is 0 Å². The topological polar surface area (TPSA) is 66.8 Å². The first-order valence-electron chi connectivity index (χ1n) is 7.44. The first-order chi connectivity index (χ1) is 11.0. The fourth-order valence-corrected chi connectivity index (χ4v) is 4.11. The molecule has 0 aliphatic heterocycles. The molecular formula is C17H19NO4S. The largest absolute Gasteiger partial charge is 0.508 e. The average molecular weight is 333 g/mol. The lowest BCUT2D eigenvalue weighted by molar-refractivity contribution is 0.397. The molecule has 23 heavy (non-hydrogen) atoms. The van der Waals surface area contributed by atoms with E-state index in [4.69, 9.17) is 4.74 Å². The molecule has 0 bridgehead atoms. The van der Waals surface area contributed by atoms with Gasteiger partial charge >= 0.3 is 0 Å². The summed E-state index contributed by atoms with van der Waals surface area (Å²) in [7, 11) is -1.98. The highest BCUT2D eigenvalue weighted by Gasteiger charge is 2.38. The van der Waals surface area contributed by atoms with Crippen molar-refractivity contribution >= 4 is 10.0 Å². The van der Waals surface area contributed by atoms with Crippen LogP contribution in [0.2, 0.25) is 0 Å². The van der Waals surface area contributed by atoms with E-state index in [0.29, 0.717) is 6.54 Å². The molecule has 5 nitrogen and oxygen atoms in total. The van der Waals surface area contributed by atoms with Crippen LogP contribution in [0.5, 0.6) is 11.5 Å². The van der Waals surface area contributed by atoms with E-state index in [1.54, 1.807) is 11.4 Å². The minimum Gasteiger partial charge on any atom is -0.508 e. The van der Waals surface area contributed by atoms with Gasteiger partial charge in [-0.25, -0.2) is 8.42 Å². The van der Waals surface area contributed by atoms with Gasteiger partial charge in [0.25, 0.3) is 0 Å². The lowest BCUT2D eigenvalue weighted by atomic mass is 10.2. The third kappa shape index (κ3) is 3.48. The van der Waals surface area contributed by atoms with Gasteiger partial charge < -0.3 is 9.84 Å². The second-order valence-corrected chi connectivity index (χ2v) is 7.51. The highest BCUT2D eigenvalue weighted by molar-refractivity contribution is 7.89. The Morgan fingerprint density at radius 2 is 1.70 bits per heavy atom. The highest BCUT2D eigenvalue weighted by Crippen LogP contribution is 2.34. The third-order valence-corrected chi connectivity index (χ3v) is 5.81. The fraction of sp³-hybridized carbons (Fsp3) is 0.294. The van der Waals surface area contributed by atoms with Gasteiger partial charge in [0.15, 0.2) is 0 Å². The van der Waals surface area contributed by atoms with E-state index < -0.39 is 10.0 Å². The van der Waals surface area contributed by atoms with Crippen molar-refractivity contribution in [1.82, 2.24) is 4.31 Å². The zero-order chi connectivity index (χ0) is 16.4. The van der Waals surface area contributed by atoms with Crippen LogP contribution in [0.15, 0.2) is 53.4 Å². The molecule has 0 atom stereocenters. The number of hydrogen-bond donors (Lipinski definition) is 1. The minimum atomic E-state index is -3.58. The Morgan fingerprint density at radius 1 is 1.09 bits per heavy atom. The molecule has 1 aliphatic carbocycles. The zero-order valence-electron chi connectivity index (χ0n) is 12.8. The number of phenols is 1. The number of methoxy groups -OCH3 is 1. The van der Waals surface area contributed by atoms with Gasteiger partial charge in [-0.3, -0.25) is 0 Å². The van der Waals surface area contributed by atoms with E-state index in [1.807, 2.05) is 24.3 Å². The minimum absolute atomic E-state index is 0.0518. The molecule has 1 aliphatic rings.